The summed E-state index contributed by atoms with van der Waals surface area (Å²) in [5, 5.41) is 6.25. The number of ether oxygens (including phenoxy) is 2. The van der Waals surface area contributed by atoms with E-state index in [1.165, 1.54) is 6.20 Å². The number of hydrogen-bond acceptors (Lipinski definition) is 5. The van der Waals surface area contributed by atoms with Gasteiger partial charge in [0.1, 0.15) is 17.2 Å². The highest BCUT2D eigenvalue weighted by molar-refractivity contribution is 6.30. The number of piperidine rings is 1. The summed E-state index contributed by atoms with van der Waals surface area (Å²) in [6, 6.07) is 10.4. The molecule has 3 amide bonds. The molecule has 2 atom stereocenters. The maximum atomic E-state index is 12.7. The van der Waals surface area contributed by atoms with Crippen LogP contribution < -0.4 is 15.4 Å². The molecule has 172 valence electrons. The van der Waals surface area contributed by atoms with Crippen LogP contribution in [0.15, 0.2) is 42.6 Å². The average molecular weight is 461 g/mol. The third-order valence-corrected chi connectivity index (χ3v) is 5.32. The molecular formula is C23H29ClN4O4. The van der Waals surface area contributed by atoms with Crippen molar-refractivity contribution >= 4 is 29.5 Å². The van der Waals surface area contributed by atoms with Gasteiger partial charge in [0, 0.05) is 31.2 Å². The number of aromatic nitrogens is 1. The molecule has 2 N–H and O–H groups in total. The fourth-order valence-electron chi connectivity index (χ4n) is 3.58. The highest BCUT2D eigenvalue weighted by Gasteiger charge is 2.35. The van der Waals surface area contributed by atoms with Gasteiger partial charge < -0.3 is 19.7 Å². The molecule has 0 aliphatic carbocycles. The molecule has 1 aliphatic heterocycles. The lowest BCUT2D eigenvalue weighted by atomic mass is 9.86. The molecule has 2 heterocycles. The Bertz CT molecular complexity index is 929. The number of halogens is 1. The first-order chi connectivity index (χ1) is 15.1. The molecule has 1 saturated heterocycles. The van der Waals surface area contributed by atoms with E-state index in [1.54, 1.807) is 24.1 Å². The van der Waals surface area contributed by atoms with Crippen LogP contribution >= 0.6 is 11.6 Å². The van der Waals surface area contributed by atoms with Crippen LogP contribution in [-0.2, 0) is 4.74 Å². The summed E-state index contributed by atoms with van der Waals surface area (Å²) in [4.78, 5) is 31.1. The highest BCUT2D eigenvalue weighted by atomic mass is 35.5. The van der Waals surface area contributed by atoms with Crippen LogP contribution in [0.25, 0.3) is 0 Å². The van der Waals surface area contributed by atoms with Gasteiger partial charge in [-0.15, -0.1) is 0 Å². The number of urea groups is 1. The smallest absolute Gasteiger partial charge is 0.410 e. The Morgan fingerprint density at radius 2 is 1.88 bits per heavy atom. The van der Waals surface area contributed by atoms with Gasteiger partial charge in [-0.1, -0.05) is 23.7 Å². The summed E-state index contributed by atoms with van der Waals surface area (Å²) in [5.41, 5.74) is 0.418. The molecule has 32 heavy (non-hydrogen) atoms. The van der Waals surface area contributed by atoms with Gasteiger partial charge in [-0.2, -0.15) is 0 Å². The number of benzene rings is 1. The van der Waals surface area contributed by atoms with Crippen molar-refractivity contribution in [2.45, 2.75) is 44.8 Å². The number of rotatable bonds is 4. The lowest BCUT2D eigenvalue weighted by Gasteiger charge is -2.39. The molecule has 0 spiro atoms. The Morgan fingerprint density at radius 3 is 2.47 bits per heavy atom. The topological polar surface area (TPSA) is 92.8 Å². The maximum Gasteiger partial charge on any atom is 0.410 e. The Hall–Kier alpha value is -3.00. The highest BCUT2D eigenvalue weighted by Crippen LogP contribution is 2.30. The number of hydrogen-bond donors (Lipinski definition) is 2. The molecule has 0 saturated carbocycles. The molecule has 1 aromatic heterocycles. The van der Waals surface area contributed by atoms with Gasteiger partial charge in [-0.3, -0.25) is 5.32 Å². The number of carbonyl (C=O) groups is 2. The molecule has 1 aromatic carbocycles. The minimum atomic E-state index is -0.576. The number of methoxy groups -OCH3 is 1. The number of nitrogens with one attached hydrogen (secondary N) is 2. The second-order valence-electron chi connectivity index (χ2n) is 8.66. The zero-order valence-electron chi connectivity index (χ0n) is 18.7. The molecule has 8 nitrogen and oxygen atoms in total. The van der Waals surface area contributed by atoms with E-state index in [1.807, 2.05) is 45.0 Å². The zero-order valence-corrected chi connectivity index (χ0v) is 19.5. The molecule has 0 bridgehead atoms. The van der Waals surface area contributed by atoms with Gasteiger partial charge in [-0.25, -0.2) is 14.6 Å². The molecule has 1 fully saturated rings. The van der Waals surface area contributed by atoms with Crippen molar-refractivity contribution in [3.8, 4) is 5.75 Å². The van der Waals surface area contributed by atoms with Crippen LogP contribution in [0.4, 0.5) is 15.4 Å². The van der Waals surface area contributed by atoms with Crippen LogP contribution in [-0.4, -0.2) is 53.9 Å². The van der Waals surface area contributed by atoms with Crippen LogP contribution in [0, 0.1) is 0 Å². The van der Waals surface area contributed by atoms with Crippen LogP contribution in [0.2, 0.25) is 5.02 Å². The number of amides is 3. The van der Waals surface area contributed by atoms with E-state index in [4.69, 9.17) is 21.1 Å². The molecule has 9 heteroatoms. The quantitative estimate of drug-likeness (QED) is 0.692. The first-order valence-electron chi connectivity index (χ1n) is 10.5. The molecule has 2 aromatic rings. The number of carbonyl (C=O) groups excluding carboxylic acids is 2. The standard InChI is InChI=1S/C23H29ClN4O4/c1-23(2,3)32-22(30)28-12-11-19(18(14-28)15-5-8-17(31-4)9-6-15)26-21(29)27-20-10-7-16(24)13-25-20/h5-10,13,18-19H,11-12,14H2,1-4H3,(H2,25,26,27,29)/t18-,19?/m0/s1. The normalized spacial score (nSPS) is 18.6. The van der Waals surface area contributed by atoms with E-state index in [9.17, 15) is 9.59 Å². The lowest BCUT2D eigenvalue weighted by molar-refractivity contribution is 0.0180. The first kappa shape index (κ1) is 23.7. The SMILES string of the molecule is COc1ccc([C@@H]2CN(C(=O)OC(C)(C)C)CCC2NC(=O)Nc2ccc(Cl)cn2)cc1. The summed E-state index contributed by atoms with van der Waals surface area (Å²) >= 11 is 5.85. The fourth-order valence-corrected chi connectivity index (χ4v) is 3.69. The maximum absolute atomic E-state index is 12.7. The molecule has 0 radical (unpaired) electrons. The minimum Gasteiger partial charge on any atom is -0.497 e. The van der Waals surface area contributed by atoms with Gasteiger partial charge >= 0.3 is 12.1 Å². The second kappa shape index (κ2) is 10.1. The van der Waals surface area contributed by atoms with Gasteiger partial charge in [0.05, 0.1) is 12.1 Å². The van der Waals surface area contributed by atoms with E-state index in [0.29, 0.717) is 30.4 Å². The Balaban J connectivity index is 1.74. The minimum absolute atomic E-state index is 0.119. The Labute approximate surface area is 193 Å². The molecular weight excluding hydrogens is 432 g/mol. The monoisotopic (exact) mass is 460 g/mol. The number of nitrogens with zero attached hydrogens (tertiary/aromatic N) is 2. The predicted octanol–water partition coefficient (Wildman–Crippen LogP) is 4.66. The van der Waals surface area contributed by atoms with E-state index >= 15 is 0 Å². The Kier molecular flexibility index (Phi) is 7.45. The second-order valence-corrected chi connectivity index (χ2v) is 9.10. The average Bonchev–Trinajstić information content (AvgIpc) is 2.74. The van der Waals surface area contributed by atoms with E-state index in [-0.39, 0.29) is 24.1 Å². The van der Waals surface area contributed by atoms with Gasteiger partial charge in [0.15, 0.2) is 0 Å². The lowest BCUT2D eigenvalue weighted by Crippen LogP contribution is -2.52. The van der Waals surface area contributed by atoms with Crippen molar-refractivity contribution in [1.29, 1.82) is 0 Å². The van der Waals surface area contributed by atoms with Crippen molar-refractivity contribution in [1.82, 2.24) is 15.2 Å². The van der Waals surface area contributed by atoms with Gasteiger partial charge in [-0.05, 0) is 57.0 Å². The third-order valence-electron chi connectivity index (χ3n) is 5.09. The van der Waals surface area contributed by atoms with Crippen molar-refractivity contribution < 1.29 is 19.1 Å². The number of anilines is 1. The summed E-state index contributed by atoms with van der Waals surface area (Å²) in [7, 11) is 1.61. The van der Waals surface area contributed by atoms with E-state index in [2.05, 4.69) is 15.6 Å². The predicted molar refractivity (Wildman–Crippen MR) is 123 cm³/mol. The van der Waals surface area contributed by atoms with Gasteiger partial charge in [0.25, 0.3) is 0 Å². The first-order valence-corrected chi connectivity index (χ1v) is 10.8. The van der Waals surface area contributed by atoms with E-state index < -0.39 is 5.60 Å². The zero-order chi connectivity index (χ0) is 23.3. The summed E-state index contributed by atoms with van der Waals surface area (Å²) in [6.45, 7) is 6.43. The third kappa shape index (κ3) is 6.50. The Morgan fingerprint density at radius 1 is 1.16 bits per heavy atom. The van der Waals surface area contributed by atoms with Crippen LogP contribution in [0.5, 0.6) is 5.75 Å². The summed E-state index contributed by atoms with van der Waals surface area (Å²) < 4.78 is 10.8. The number of likely N-dealkylation sites (tertiary alicyclic amines) is 1. The number of pyridine rings is 1. The van der Waals surface area contributed by atoms with Crippen molar-refractivity contribution in [2.24, 2.45) is 0 Å². The summed E-state index contributed by atoms with van der Waals surface area (Å²) in [6.07, 6.45) is 1.69. The van der Waals surface area contributed by atoms with Crippen molar-refractivity contribution in [2.75, 3.05) is 25.5 Å². The van der Waals surface area contributed by atoms with Gasteiger partial charge in [0.2, 0.25) is 0 Å². The van der Waals surface area contributed by atoms with Crippen LogP contribution in [0.3, 0.4) is 0 Å². The van der Waals surface area contributed by atoms with Crippen molar-refractivity contribution in [3.05, 3.63) is 53.2 Å². The molecule has 3 rings (SSSR count). The van der Waals surface area contributed by atoms with Crippen LogP contribution in [0.1, 0.15) is 38.7 Å². The van der Waals surface area contributed by atoms with Crippen molar-refractivity contribution in [3.63, 3.8) is 0 Å². The fraction of sp³-hybridized carbons (Fsp3) is 0.435. The molecule has 1 unspecified atom stereocenters. The van der Waals surface area contributed by atoms with E-state index in [0.717, 1.165) is 11.3 Å². The largest absolute Gasteiger partial charge is 0.497 e. The molecule has 1 aliphatic rings. The summed E-state index contributed by atoms with van der Waals surface area (Å²) in [5.74, 6) is 1.02.